The van der Waals surface area contributed by atoms with Gasteiger partial charge >= 0.3 is 0 Å². The van der Waals surface area contributed by atoms with Crippen molar-refractivity contribution in [3.8, 4) is 0 Å². The minimum absolute atomic E-state index is 0.296. The zero-order valence-electron chi connectivity index (χ0n) is 22.7. The Kier molecular flexibility index (Phi) is 5.21. The van der Waals surface area contributed by atoms with Crippen LogP contribution in [0, 0.1) is 56.7 Å². The van der Waals surface area contributed by atoms with Gasteiger partial charge in [0.25, 0.3) is 0 Å². The number of allylic oxidation sites excluding steroid dienone is 1. The molecule has 0 aromatic rings. The predicted octanol–water partition coefficient (Wildman–Crippen LogP) is 8.68. The van der Waals surface area contributed by atoms with Crippen LogP contribution in [0.4, 0.5) is 0 Å². The van der Waals surface area contributed by atoms with Crippen LogP contribution in [0.2, 0.25) is 0 Å². The summed E-state index contributed by atoms with van der Waals surface area (Å²) >= 11 is 0. The summed E-state index contributed by atoms with van der Waals surface area (Å²) in [5, 5.41) is 0. The van der Waals surface area contributed by atoms with Gasteiger partial charge < -0.3 is 4.74 Å². The van der Waals surface area contributed by atoms with E-state index in [4.69, 9.17) is 4.74 Å². The van der Waals surface area contributed by atoms with Gasteiger partial charge in [-0.3, -0.25) is 0 Å². The molecule has 0 aromatic heterocycles. The molecule has 0 saturated heterocycles. The van der Waals surface area contributed by atoms with E-state index in [1.807, 2.05) is 7.11 Å². The Labute approximate surface area is 199 Å². The molecule has 10 atom stereocenters. The molecule has 0 aromatic carbocycles. The van der Waals surface area contributed by atoms with E-state index in [0.717, 1.165) is 29.6 Å². The van der Waals surface area contributed by atoms with Crippen LogP contribution >= 0.6 is 0 Å². The van der Waals surface area contributed by atoms with Gasteiger partial charge in [-0.2, -0.15) is 0 Å². The molecule has 1 heteroatoms. The maximum absolute atomic E-state index is 6.05. The molecular weight excluding hydrogens is 388 g/mol. The summed E-state index contributed by atoms with van der Waals surface area (Å²) in [6, 6.07) is 0. The van der Waals surface area contributed by atoms with Gasteiger partial charge in [-0.25, -0.2) is 0 Å². The number of ether oxygens (including phenoxy) is 1. The highest BCUT2D eigenvalue weighted by Crippen LogP contribution is 2.78. The van der Waals surface area contributed by atoms with Crippen molar-refractivity contribution in [3.63, 3.8) is 0 Å². The normalized spacial score (nSPS) is 56.5. The molecule has 0 amide bonds. The van der Waals surface area contributed by atoms with Crippen LogP contribution in [0.3, 0.4) is 0 Å². The first-order valence-electron chi connectivity index (χ1n) is 14.0. The molecule has 1 nitrogen and oxygen atoms in total. The standard InChI is InChI=1S/C31H52O/c1-20(2)21-12-16-28(5)22(21)13-18-30(7)24(28)10-11-25-29(6)17-15-26(32-9)27(3,4)23(29)14-19-31(25,30)8/h21-26H,1,10-19H2,2-9H3. The average Bonchev–Trinajstić information content (AvgIpc) is 3.05. The fourth-order valence-corrected chi connectivity index (χ4v) is 12.2. The number of hydrogen-bond acceptors (Lipinski definition) is 1. The molecule has 5 aliphatic carbocycles. The minimum atomic E-state index is 0.296. The molecule has 0 spiro atoms. The Balaban J connectivity index is 1.51. The first-order valence-corrected chi connectivity index (χ1v) is 14.0. The van der Waals surface area contributed by atoms with Crippen molar-refractivity contribution in [1.82, 2.24) is 0 Å². The third-order valence-electron chi connectivity index (χ3n) is 13.8. The van der Waals surface area contributed by atoms with Gasteiger partial charge in [0.15, 0.2) is 0 Å². The Hall–Kier alpha value is -0.300. The van der Waals surface area contributed by atoms with Crippen LogP contribution in [0.5, 0.6) is 0 Å². The Bertz CT molecular complexity index is 781. The SMILES string of the molecule is C=C(C)C1CCC2(C)C1CCC1(C)C2CCC2C3(C)CCC(OC)C(C)(C)C3CCC21C. The van der Waals surface area contributed by atoms with Gasteiger partial charge in [-0.15, -0.1) is 0 Å². The second kappa shape index (κ2) is 7.11. The molecule has 5 aliphatic rings. The minimum Gasteiger partial charge on any atom is -0.381 e. The van der Waals surface area contributed by atoms with Crippen molar-refractivity contribution < 1.29 is 4.74 Å². The van der Waals surface area contributed by atoms with Crippen LogP contribution in [-0.2, 0) is 4.74 Å². The first-order chi connectivity index (χ1) is 14.9. The number of fused-ring (bicyclic) bond motifs is 7. The third kappa shape index (κ3) is 2.67. The summed E-state index contributed by atoms with van der Waals surface area (Å²) in [5.41, 5.74) is 3.77. The largest absolute Gasteiger partial charge is 0.381 e. The Morgan fingerprint density at radius 3 is 1.84 bits per heavy atom. The lowest BCUT2D eigenvalue weighted by Crippen LogP contribution is -2.67. The van der Waals surface area contributed by atoms with E-state index in [1.54, 1.807) is 0 Å². The summed E-state index contributed by atoms with van der Waals surface area (Å²) in [4.78, 5) is 0. The summed E-state index contributed by atoms with van der Waals surface area (Å²) in [5.74, 6) is 4.27. The van der Waals surface area contributed by atoms with E-state index in [2.05, 4.69) is 55.0 Å². The van der Waals surface area contributed by atoms with Crippen LogP contribution in [0.25, 0.3) is 0 Å². The van der Waals surface area contributed by atoms with Gasteiger partial charge in [-0.05, 0) is 128 Å². The van der Waals surface area contributed by atoms with E-state index in [1.165, 1.54) is 69.8 Å². The van der Waals surface area contributed by atoms with Crippen molar-refractivity contribution in [2.75, 3.05) is 7.11 Å². The molecule has 0 aliphatic heterocycles. The highest BCUT2D eigenvalue weighted by atomic mass is 16.5. The molecule has 0 heterocycles. The van der Waals surface area contributed by atoms with Gasteiger partial charge in [0.1, 0.15) is 0 Å². The van der Waals surface area contributed by atoms with Crippen LogP contribution in [0.15, 0.2) is 12.2 Å². The van der Waals surface area contributed by atoms with Crippen molar-refractivity contribution >= 4 is 0 Å². The lowest BCUT2D eigenvalue weighted by atomic mass is 9.32. The smallest absolute Gasteiger partial charge is 0.0625 e. The van der Waals surface area contributed by atoms with Crippen LogP contribution < -0.4 is 0 Å². The van der Waals surface area contributed by atoms with E-state index in [9.17, 15) is 0 Å². The van der Waals surface area contributed by atoms with Gasteiger partial charge in [0, 0.05) is 7.11 Å². The zero-order valence-corrected chi connectivity index (χ0v) is 22.7. The van der Waals surface area contributed by atoms with Gasteiger partial charge in [-0.1, -0.05) is 53.7 Å². The molecule has 5 fully saturated rings. The van der Waals surface area contributed by atoms with Crippen molar-refractivity contribution in [1.29, 1.82) is 0 Å². The molecule has 32 heavy (non-hydrogen) atoms. The maximum Gasteiger partial charge on any atom is 0.0625 e. The van der Waals surface area contributed by atoms with Gasteiger partial charge in [0.2, 0.25) is 0 Å². The monoisotopic (exact) mass is 440 g/mol. The molecule has 5 saturated carbocycles. The highest BCUT2D eigenvalue weighted by molar-refractivity contribution is 5.21. The fraction of sp³-hybridized carbons (Fsp3) is 0.935. The summed E-state index contributed by atoms with van der Waals surface area (Å²) < 4.78 is 6.05. The van der Waals surface area contributed by atoms with E-state index in [-0.39, 0.29) is 0 Å². The maximum atomic E-state index is 6.05. The molecule has 0 N–H and O–H groups in total. The molecule has 10 unspecified atom stereocenters. The summed E-state index contributed by atoms with van der Waals surface area (Å²) in [6.07, 6.45) is 14.6. The van der Waals surface area contributed by atoms with E-state index < -0.39 is 0 Å². The Morgan fingerprint density at radius 1 is 0.688 bits per heavy atom. The fourth-order valence-electron chi connectivity index (χ4n) is 12.2. The van der Waals surface area contributed by atoms with Crippen LogP contribution in [0.1, 0.15) is 113 Å². The highest BCUT2D eigenvalue weighted by Gasteiger charge is 2.70. The predicted molar refractivity (Wildman–Crippen MR) is 135 cm³/mol. The lowest BCUT2D eigenvalue weighted by Gasteiger charge is -2.73. The van der Waals surface area contributed by atoms with E-state index >= 15 is 0 Å². The quantitative estimate of drug-likeness (QED) is 0.390. The molecule has 0 radical (unpaired) electrons. The lowest BCUT2D eigenvalue weighted by molar-refractivity contribution is -0.252. The second-order valence-electron chi connectivity index (χ2n) is 14.8. The number of rotatable bonds is 2. The molecule has 182 valence electrons. The molecular formula is C31H52O. The first kappa shape index (κ1) is 23.4. The average molecular weight is 441 g/mol. The number of hydrogen-bond donors (Lipinski definition) is 0. The third-order valence-corrected chi connectivity index (χ3v) is 13.8. The second-order valence-corrected chi connectivity index (χ2v) is 14.8. The topological polar surface area (TPSA) is 9.23 Å². The van der Waals surface area contributed by atoms with Gasteiger partial charge in [0.05, 0.1) is 6.10 Å². The number of methoxy groups -OCH3 is 1. The van der Waals surface area contributed by atoms with Crippen molar-refractivity contribution in [2.45, 2.75) is 119 Å². The van der Waals surface area contributed by atoms with Crippen molar-refractivity contribution in [3.05, 3.63) is 12.2 Å². The van der Waals surface area contributed by atoms with Crippen molar-refractivity contribution in [2.24, 2.45) is 56.7 Å². The summed E-state index contributed by atoms with van der Waals surface area (Å²) in [6.45, 7) is 22.8. The zero-order chi connectivity index (χ0) is 23.3. The van der Waals surface area contributed by atoms with Crippen LogP contribution in [-0.4, -0.2) is 13.2 Å². The molecule has 0 bridgehead atoms. The Morgan fingerprint density at radius 2 is 1.25 bits per heavy atom. The van der Waals surface area contributed by atoms with E-state index in [0.29, 0.717) is 33.2 Å². The summed E-state index contributed by atoms with van der Waals surface area (Å²) in [7, 11) is 1.95. The molecule has 5 rings (SSSR count).